The molecule has 22 heavy (non-hydrogen) atoms. The minimum Gasteiger partial charge on any atom is -0.392 e. The molecule has 0 amide bonds. The summed E-state index contributed by atoms with van der Waals surface area (Å²) in [6.45, 7) is 4.63. The number of alkyl halides is 1. The van der Waals surface area contributed by atoms with Gasteiger partial charge in [0, 0.05) is 30.4 Å². The second-order valence-corrected chi connectivity index (χ2v) is 8.00. The lowest BCUT2D eigenvalue weighted by Crippen LogP contribution is -2.70. The summed E-state index contributed by atoms with van der Waals surface area (Å²) in [6, 6.07) is 0.556. The molecule has 0 radical (unpaired) electrons. The van der Waals surface area contributed by atoms with Crippen LogP contribution in [0, 0.1) is 17.8 Å². The highest BCUT2D eigenvalue weighted by Gasteiger charge is 2.43. The zero-order valence-corrected chi connectivity index (χ0v) is 14.3. The monoisotopic (exact) mass is 330 g/mol. The van der Waals surface area contributed by atoms with E-state index in [0.29, 0.717) is 29.8 Å². The molecule has 3 rings (SSSR count). The first-order valence-electron chi connectivity index (χ1n) is 8.92. The van der Waals surface area contributed by atoms with E-state index < -0.39 is 0 Å². The largest absolute Gasteiger partial charge is 0.392 e. The van der Waals surface area contributed by atoms with Crippen molar-refractivity contribution in [2.24, 2.45) is 17.8 Å². The molecular formula is C16H31ClN4O. The lowest BCUT2D eigenvalue weighted by Gasteiger charge is -2.50. The lowest BCUT2D eigenvalue weighted by atomic mass is 9.70. The Bertz CT molecular complexity index is 349. The van der Waals surface area contributed by atoms with E-state index in [1.54, 1.807) is 0 Å². The molecule has 0 aromatic heterocycles. The first kappa shape index (κ1) is 16.9. The van der Waals surface area contributed by atoms with Crippen LogP contribution < -0.4 is 21.5 Å². The van der Waals surface area contributed by atoms with Crippen molar-refractivity contribution in [2.45, 2.75) is 62.7 Å². The van der Waals surface area contributed by atoms with Crippen molar-refractivity contribution in [2.75, 3.05) is 19.6 Å². The van der Waals surface area contributed by atoms with Gasteiger partial charge in [-0.05, 0) is 57.4 Å². The van der Waals surface area contributed by atoms with E-state index in [0.717, 1.165) is 31.8 Å². The zero-order valence-electron chi connectivity index (χ0n) is 13.5. The number of fused-ring (bicyclic) bond motifs is 1. The third-order valence-electron chi connectivity index (χ3n) is 5.72. The summed E-state index contributed by atoms with van der Waals surface area (Å²) in [7, 11) is 0. The molecule has 2 aliphatic heterocycles. The van der Waals surface area contributed by atoms with Crippen LogP contribution in [-0.2, 0) is 0 Å². The Morgan fingerprint density at radius 3 is 2.64 bits per heavy atom. The van der Waals surface area contributed by atoms with E-state index in [9.17, 15) is 5.11 Å². The molecule has 1 saturated carbocycles. The van der Waals surface area contributed by atoms with Crippen molar-refractivity contribution in [3.05, 3.63) is 0 Å². The van der Waals surface area contributed by atoms with E-state index in [-0.39, 0.29) is 12.3 Å². The smallest absolute Gasteiger partial charge is 0.0749 e. The molecule has 0 aromatic rings. The van der Waals surface area contributed by atoms with Crippen LogP contribution in [0.4, 0.5) is 0 Å². The molecule has 5 nitrogen and oxygen atoms in total. The lowest BCUT2D eigenvalue weighted by molar-refractivity contribution is 0.0284. The van der Waals surface area contributed by atoms with E-state index in [4.69, 9.17) is 11.6 Å². The molecule has 0 spiro atoms. The number of aliphatic hydroxyl groups excluding tert-OH is 1. The van der Waals surface area contributed by atoms with Gasteiger partial charge < -0.3 is 10.4 Å². The van der Waals surface area contributed by atoms with Gasteiger partial charge in [0.2, 0.25) is 0 Å². The normalized spacial score (nSPS) is 44.3. The molecule has 1 aliphatic carbocycles. The first-order chi connectivity index (χ1) is 10.6. The number of hydrogen-bond acceptors (Lipinski definition) is 5. The van der Waals surface area contributed by atoms with Crippen molar-refractivity contribution in [1.29, 1.82) is 0 Å². The molecular weight excluding hydrogens is 300 g/mol. The molecule has 128 valence electrons. The maximum Gasteiger partial charge on any atom is 0.0749 e. The van der Waals surface area contributed by atoms with Crippen LogP contribution in [-0.4, -0.2) is 48.4 Å². The molecule has 5 N–H and O–H groups in total. The van der Waals surface area contributed by atoms with Crippen LogP contribution >= 0.6 is 11.6 Å². The van der Waals surface area contributed by atoms with Crippen LogP contribution in [0.3, 0.4) is 0 Å². The average Bonchev–Trinajstić information content (AvgIpc) is 2.53. The van der Waals surface area contributed by atoms with E-state index in [1.165, 1.54) is 19.3 Å². The first-order valence-corrected chi connectivity index (χ1v) is 9.36. The molecule has 0 bridgehead atoms. The van der Waals surface area contributed by atoms with Gasteiger partial charge in [0.25, 0.3) is 0 Å². The Kier molecular flexibility index (Phi) is 5.98. The SMILES string of the molecule is C[C@H](O)CNC1NNC(C2CCC(Cl)CC2)C2CCNCC12. The Balaban J connectivity index is 1.62. The number of halogens is 1. The van der Waals surface area contributed by atoms with Gasteiger partial charge in [-0.15, -0.1) is 11.6 Å². The average molecular weight is 331 g/mol. The van der Waals surface area contributed by atoms with Crippen LogP contribution in [0.1, 0.15) is 39.0 Å². The van der Waals surface area contributed by atoms with Gasteiger partial charge in [-0.1, -0.05) is 0 Å². The van der Waals surface area contributed by atoms with Crippen LogP contribution in [0.5, 0.6) is 0 Å². The van der Waals surface area contributed by atoms with Crippen molar-refractivity contribution in [3.8, 4) is 0 Å². The van der Waals surface area contributed by atoms with Crippen molar-refractivity contribution in [3.63, 3.8) is 0 Å². The van der Waals surface area contributed by atoms with Gasteiger partial charge in [-0.2, -0.15) is 0 Å². The summed E-state index contributed by atoms with van der Waals surface area (Å²) < 4.78 is 0. The van der Waals surface area contributed by atoms with Crippen molar-refractivity contribution < 1.29 is 5.11 Å². The Hall–Kier alpha value is 0.0900. The molecule has 2 saturated heterocycles. The van der Waals surface area contributed by atoms with Gasteiger partial charge in [-0.25, -0.2) is 5.43 Å². The topological polar surface area (TPSA) is 68.3 Å². The number of hydrogen-bond donors (Lipinski definition) is 5. The maximum absolute atomic E-state index is 9.52. The predicted molar refractivity (Wildman–Crippen MR) is 89.6 cm³/mol. The fourth-order valence-corrected chi connectivity index (χ4v) is 4.77. The number of nitrogens with one attached hydrogen (secondary N) is 4. The Morgan fingerprint density at radius 1 is 1.14 bits per heavy atom. The summed E-state index contributed by atoms with van der Waals surface area (Å²) in [4.78, 5) is 0. The molecule has 5 atom stereocenters. The fraction of sp³-hybridized carbons (Fsp3) is 1.00. The van der Waals surface area contributed by atoms with E-state index >= 15 is 0 Å². The summed E-state index contributed by atoms with van der Waals surface area (Å²) in [6.07, 6.45) is 5.96. The van der Waals surface area contributed by atoms with Crippen LogP contribution in [0.2, 0.25) is 0 Å². The number of rotatable bonds is 4. The summed E-state index contributed by atoms with van der Waals surface area (Å²) >= 11 is 6.27. The van der Waals surface area contributed by atoms with Gasteiger partial charge >= 0.3 is 0 Å². The second-order valence-electron chi connectivity index (χ2n) is 7.38. The Labute approximate surface area is 138 Å². The highest BCUT2D eigenvalue weighted by molar-refractivity contribution is 6.20. The number of aliphatic hydroxyl groups is 1. The minimum absolute atomic E-state index is 0.230. The van der Waals surface area contributed by atoms with Gasteiger partial charge in [0.15, 0.2) is 0 Å². The molecule has 2 heterocycles. The third-order valence-corrected chi connectivity index (χ3v) is 6.16. The van der Waals surface area contributed by atoms with E-state index in [1.807, 2.05) is 6.92 Å². The van der Waals surface area contributed by atoms with E-state index in [2.05, 4.69) is 21.5 Å². The predicted octanol–water partition coefficient (Wildman–Crippen LogP) is 0.783. The molecule has 0 aromatic carbocycles. The second kappa shape index (κ2) is 7.77. The zero-order chi connectivity index (χ0) is 15.5. The van der Waals surface area contributed by atoms with Crippen LogP contribution in [0.15, 0.2) is 0 Å². The summed E-state index contributed by atoms with van der Waals surface area (Å²) in [5, 5.41) is 16.9. The summed E-state index contributed by atoms with van der Waals surface area (Å²) in [5.41, 5.74) is 7.10. The fourth-order valence-electron chi connectivity index (χ4n) is 4.52. The standard InChI is InChI=1S/C16H31ClN4O/c1-10(22)8-19-16-14-9-18-7-6-13(14)15(20-21-16)11-2-4-12(17)5-3-11/h10-16,18-22H,2-9H2,1H3/t10-,11?,12?,13?,14?,15?,16?/m0/s1. The molecule has 6 heteroatoms. The van der Waals surface area contributed by atoms with Gasteiger partial charge in [0.1, 0.15) is 0 Å². The third kappa shape index (κ3) is 3.94. The highest BCUT2D eigenvalue weighted by atomic mass is 35.5. The van der Waals surface area contributed by atoms with Gasteiger partial charge in [0.05, 0.1) is 12.3 Å². The molecule has 4 unspecified atom stereocenters. The number of piperidine rings is 1. The minimum atomic E-state index is -0.312. The Morgan fingerprint density at radius 2 is 1.91 bits per heavy atom. The number of hydrazine groups is 1. The molecule has 3 aliphatic rings. The van der Waals surface area contributed by atoms with Gasteiger partial charge in [-0.3, -0.25) is 10.7 Å². The van der Waals surface area contributed by atoms with Crippen LogP contribution in [0.25, 0.3) is 0 Å². The summed E-state index contributed by atoms with van der Waals surface area (Å²) in [5.74, 6) is 2.02. The maximum atomic E-state index is 9.52. The van der Waals surface area contributed by atoms with Crippen molar-refractivity contribution in [1.82, 2.24) is 21.5 Å². The quantitative estimate of drug-likeness (QED) is 0.493. The molecule has 3 fully saturated rings. The highest BCUT2D eigenvalue weighted by Crippen LogP contribution is 2.37. The van der Waals surface area contributed by atoms with Crippen molar-refractivity contribution >= 4 is 11.6 Å².